The van der Waals surface area contributed by atoms with Gasteiger partial charge in [0, 0.05) is 12.6 Å². The molecule has 0 unspecified atom stereocenters. The molecule has 0 spiro atoms. The number of amides is 1. The van der Waals surface area contributed by atoms with E-state index >= 15 is 0 Å². The molecule has 2 N–H and O–H groups in total. The molecule has 0 aromatic heterocycles. The van der Waals surface area contributed by atoms with Gasteiger partial charge in [-0.2, -0.15) is 0 Å². The Balaban J connectivity index is 0.000000191. The highest BCUT2D eigenvalue weighted by Crippen LogP contribution is 2.05. The Morgan fingerprint density at radius 3 is 2.05 bits per heavy atom. The molecule has 2 aliphatic heterocycles. The van der Waals surface area contributed by atoms with Crippen molar-refractivity contribution >= 4 is 5.91 Å². The minimum absolute atomic E-state index is 0.00458. The summed E-state index contributed by atoms with van der Waals surface area (Å²) in [5.74, 6) is 1.17. The van der Waals surface area contributed by atoms with Crippen LogP contribution in [0.3, 0.4) is 0 Å². The van der Waals surface area contributed by atoms with E-state index in [2.05, 4.69) is 38.3 Å². The van der Waals surface area contributed by atoms with E-state index in [1.807, 2.05) is 0 Å². The van der Waals surface area contributed by atoms with E-state index in [0.717, 1.165) is 19.8 Å². The van der Waals surface area contributed by atoms with Crippen molar-refractivity contribution in [2.24, 2.45) is 11.8 Å². The topological polar surface area (TPSA) is 59.6 Å². The maximum absolute atomic E-state index is 10.7. The fourth-order valence-corrected chi connectivity index (χ4v) is 1.94. The standard InChI is InChI=1S/C7H13NO2.C7H15NO/c1-5(2)6-3-10-4-7(9)8-6;1-6(2)7-5-9-4-3-8-7/h5-6H,3-4H2,1-2H3,(H,8,9);6-8H,3-5H2,1-2H3/t6-;7-/m11/s1. The minimum atomic E-state index is 0.00458. The monoisotopic (exact) mass is 272 g/mol. The van der Waals surface area contributed by atoms with Crippen LogP contribution in [0.2, 0.25) is 0 Å². The molecule has 19 heavy (non-hydrogen) atoms. The second-order valence-electron chi connectivity index (χ2n) is 5.81. The van der Waals surface area contributed by atoms with Crippen LogP contribution < -0.4 is 10.6 Å². The van der Waals surface area contributed by atoms with Crippen LogP contribution in [0, 0.1) is 11.8 Å². The molecular formula is C14H28N2O3. The fraction of sp³-hybridized carbons (Fsp3) is 0.929. The Morgan fingerprint density at radius 2 is 1.68 bits per heavy atom. The number of nitrogens with one attached hydrogen (secondary N) is 2. The number of hydrogen-bond acceptors (Lipinski definition) is 4. The highest BCUT2D eigenvalue weighted by Gasteiger charge is 2.20. The number of morpholine rings is 2. The third-order valence-corrected chi connectivity index (χ3v) is 3.44. The summed E-state index contributed by atoms with van der Waals surface area (Å²) < 4.78 is 10.3. The van der Waals surface area contributed by atoms with Crippen molar-refractivity contribution in [3.63, 3.8) is 0 Å². The van der Waals surface area contributed by atoms with Gasteiger partial charge < -0.3 is 20.1 Å². The zero-order valence-corrected chi connectivity index (χ0v) is 12.6. The van der Waals surface area contributed by atoms with E-state index in [1.54, 1.807) is 0 Å². The van der Waals surface area contributed by atoms with Crippen LogP contribution in [0.4, 0.5) is 0 Å². The molecule has 1 amide bonds. The van der Waals surface area contributed by atoms with Gasteiger partial charge in [0.1, 0.15) is 6.61 Å². The maximum Gasteiger partial charge on any atom is 0.246 e. The Bertz CT molecular complexity index is 263. The van der Waals surface area contributed by atoms with E-state index < -0.39 is 0 Å². The second kappa shape index (κ2) is 8.51. The van der Waals surface area contributed by atoms with Gasteiger partial charge in [-0.05, 0) is 11.8 Å². The molecular weight excluding hydrogens is 244 g/mol. The molecule has 5 heteroatoms. The van der Waals surface area contributed by atoms with Crippen LogP contribution in [0.15, 0.2) is 0 Å². The number of rotatable bonds is 2. The first-order valence-electron chi connectivity index (χ1n) is 7.19. The lowest BCUT2D eigenvalue weighted by Gasteiger charge is -2.26. The van der Waals surface area contributed by atoms with Gasteiger partial charge in [0.2, 0.25) is 5.91 Å². The van der Waals surface area contributed by atoms with Gasteiger partial charge in [0.15, 0.2) is 0 Å². The molecule has 2 atom stereocenters. The van der Waals surface area contributed by atoms with Crippen LogP contribution in [0.25, 0.3) is 0 Å². The van der Waals surface area contributed by atoms with Gasteiger partial charge >= 0.3 is 0 Å². The normalized spacial score (nSPS) is 27.8. The smallest absolute Gasteiger partial charge is 0.246 e. The van der Waals surface area contributed by atoms with E-state index in [0.29, 0.717) is 24.5 Å². The van der Waals surface area contributed by atoms with Crippen LogP contribution in [0.5, 0.6) is 0 Å². The zero-order chi connectivity index (χ0) is 14.3. The third-order valence-electron chi connectivity index (χ3n) is 3.44. The highest BCUT2D eigenvalue weighted by molar-refractivity contribution is 5.78. The van der Waals surface area contributed by atoms with Crippen molar-refractivity contribution in [3.05, 3.63) is 0 Å². The van der Waals surface area contributed by atoms with Crippen molar-refractivity contribution in [3.8, 4) is 0 Å². The van der Waals surface area contributed by atoms with Crippen LogP contribution in [-0.4, -0.2) is 51.0 Å². The molecule has 0 saturated carbocycles. The lowest BCUT2D eigenvalue weighted by molar-refractivity contribution is -0.132. The summed E-state index contributed by atoms with van der Waals surface area (Å²) >= 11 is 0. The van der Waals surface area contributed by atoms with Crippen molar-refractivity contribution < 1.29 is 14.3 Å². The first kappa shape index (κ1) is 16.4. The van der Waals surface area contributed by atoms with E-state index in [9.17, 15) is 4.79 Å². The van der Waals surface area contributed by atoms with Crippen molar-refractivity contribution in [1.82, 2.24) is 10.6 Å². The molecule has 2 aliphatic rings. The molecule has 0 bridgehead atoms. The highest BCUT2D eigenvalue weighted by atomic mass is 16.5. The molecule has 2 rings (SSSR count). The summed E-state index contributed by atoms with van der Waals surface area (Å²) in [6.07, 6.45) is 0. The first-order valence-corrected chi connectivity index (χ1v) is 7.19. The Kier molecular flexibility index (Phi) is 7.34. The van der Waals surface area contributed by atoms with Crippen LogP contribution in [-0.2, 0) is 14.3 Å². The predicted molar refractivity (Wildman–Crippen MR) is 75.0 cm³/mol. The molecule has 0 aromatic carbocycles. The third kappa shape index (κ3) is 6.36. The van der Waals surface area contributed by atoms with E-state index in [-0.39, 0.29) is 18.6 Å². The minimum Gasteiger partial charge on any atom is -0.379 e. The van der Waals surface area contributed by atoms with Gasteiger partial charge in [-0.15, -0.1) is 0 Å². The lowest BCUT2D eigenvalue weighted by Crippen LogP contribution is -2.48. The SMILES string of the molecule is CC(C)[C@H]1COCC(=O)N1.CC(C)[C@H]1COCCN1. The van der Waals surface area contributed by atoms with Gasteiger partial charge in [-0.25, -0.2) is 0 Å². The van der Waals surface area contributed by atoms with Crippen molar-refractivity contribution in [1.29, 1.82) is 0 Å². The van der Waals surface area contributed by atoms with Gasteiger partial charge in [-0.1, -0.05) is 27.7 Å². The first-order chi connectivity index (χ1) is 9.00. The number of hydrogen-bond donors (Lipinski definition) is 2. The molecule has 2 heterocycles. The Morgan fingerprint density at radius 1 is 1.05 bits per heavy atom. The van der Waals surface area contributed by atoms with Gasteiger partial charge in [0.25, 0.3) is 0 Å². The van der Waals surface area contributed by atoms with Crippen LogP contribution >= 0.6 is 0 Å². The maximum atomic E-state index is 10.7. The average Bonchev–Trinajstić information content (AvgIpc) is 2.40. The molecule has 0 aromatic rings. The fourth-order valence-electron chi connectivity index (χ4n) is 1.94. The van der Waals surface area contributed by atoms with Crippen molar-refractivity contribution in [2.45, 2.75) is 39.8 Å². The molecule has 2 saturated heterocycles. The Labute approximate surface area is 116 Å². The second-order valence-corrected chi connectivity index (χ2v) is 5.81. The van der Waals surface area contributed by atoms with Gasteiger partial charge in [0.05, 0.1) is 25.9 Å². The largest absolute Gasteiger partial charge is 0.379 e. The zero-order valence-electron chi connectivity index (χ0n) is 12.6. The predicted octanol–water partition coefficient (Wildman–Crippen LogP) is 0.788. The summed E-state index contributed by atoms with van der Waals surface area (Å²) in [5, 5.41) is 6.25. The summed E-state index contributed by atoms with van der Waals surface area (Å²) in [6, 6.07) is 0.792. The molecule has 5 nitrogen and oxygen atoms in total. The molecule has 2 fully saturated rings. The molecule has 112 valence electrons. The quantitative estimate of drug-likeness (QED) is 0.780. The molecule has 0 radical (unpaired) electrons. The number of ether oxygens (including phenoxy) is 2. The lowest BCUT2D eigenvalue weighted by atomic mass is 10.0. The summed E-state index contributed by atoms with van der Waals surface area (Å²) in [4.78, 5) is 10.7. The Hall–Kier alpha value is -0.650. The number of carbonyl (C=O) groups is 1. The summed E-state index contributed by atoms with van der Waals surface area (Å²) in [6.45, 7) is 12.2. The summed E-state index contributed by atoms with van der Waals surface area (Å²) in [5.41, 5.74) is 0. The van der Waals surface area contributed by atoms with Gasteiger partial charge in [-0.3, -0.25) is 4.79 Å². The summed E-state index contributed by atoms with van der Waals surface area (Å²) in [7, 11) is 0. The van der Waals surface area contributed by atoms with Crippen LogP contribution in [0.1, 0.15) is 27.7 Å². The molecule has 0 aliphatic carbocycles. The number of carbonyl (C=O) groups excluding carboxylic acids is 1. The van der Waals surface area contributed by atoms with E-state index in [4.69, 9.17) is 9.47 Å². The van der Waals surface area contributed by atoms with E-state index in [1.165, 1.54) is 0 Å². The van der Waals surface area contributed by atoms with Crippen molar-refractivity contribution in [2.75, 3.05) is 33.0 Å². The average molecular weight is 272 g/mol.